The SMILES string of the molecule is Cc1nc(OC(=O)C(C)(C)C)c2ccccc2n1. The molecule has 2 rings (SSSR count). The normalized spacial score (nSPS) is 11.6. The molecule has 4 heteroatoms. The molecule has 0 saturated heterocycles. The van der Waals surface area contributed by atoms with Crippen LogP contribution in [0.5, 0.6) is 5.88 Å². The van der Waals surface area contributed by atoms with E-state index in [0.29, 0.717) is 11.7 Å². The molecule has 0 bridgehead atoms. The molecule has 0 N–H and O–H groups in total. The van der Waals surface area contributed by atoms with Crippen molar-refractivity contribution in [2.24, 2.45) is 5.41 Å². The Hall–Kier alpha value is -1.97. The number of aryl methyl sites for hydroxylation is 1. The summed E-state index contributed by atoms with van der Waals surface area (Å²) in [5, 5.41) is 0.751. The summed E-state index contributed by atoms with van der Waals surface area (Å²) in [5.41, 5.74) is 0.224. The number of esters is 1. The number of benzene rings is 1. The standard InChI is InChI=1S/C14H16N2O2/c1-9-15-11-8-6-5-7-10(11)12(16-9)18-13(17)14(2,3)4/h5-8H,1-4H3. The first-order valence-electron chi connectivity index (χ1n) is 5.83. The largest absolute Gasteiger partial charge is 0.406 e. The van der Waals surface area contributed by atoms with Crippen LogP contribution in [-0.2, 0) is 4.79 Å². The van der Waals surface area contributed by atoms with Gasteiger partial charge in [-0.3, -0.25) is 4.79 Å². The van der Waals surface area contributed by atoms with Crippen molar-refractivity contribution in [3.8, 4) is 5.88 Å². The highest BCUT2D eigenvalue weighted by atomic mass is 16.5. The molecule has 0 aliphatic heterocycles. The van der Waals surface area contributed by atoms with E-state index in [9.17, 15) is 4.79 Å². The summed E-state index contributed by atoms with van der Waals surface area (Å²) in [7, 11) is 0. The summed E-state index contributed by atoms with van der Waals surface area (Å²) in [6.45, 7) is 7.21. The van der Waals surface area contributed by atoms with Crippen molar-refractivity contribution in [2.75, 3.05) is 0 Å². The molecule has 0 aliphatic rings. The number of carbonyl (C=O) groups excluding carboxylic acids is 1. The quantitative estimate of drug-likeness (QED) is 0.724. The highest BCUT2D eigenvalue weighted by Gasteiger charge is 2.25. The fourth-order valence-corrected chi connectivity index (χ4v) is 1.48. The van der Waals surface area contributed by atoms with Gasteiger partial charge >= 0.3 is 5.97 Å². The van der Waals surface area contributed by atoms with Crippen molar-refractivity contribution in [1.29, 1.82) is 0 Å². The fourth-order valence-electron chi connectivity index (χ4n) is 1.48. The number of para-hydroxylation sites is 1. The Morgan fingerprint density at radius 2 is 1.83 bits per heavy atom. The van der Waals surface area contributed by atoms with Gasteiger partial charge in [-0.25, -0.2) is 4.98 Å². The number of aromatic nitrogens is 2. The van der Waals surface area contributed by atoms with Crippen LogP contribution in [0.2, 0.25) is 0 Å². The molecular weight excluding hydrogens is 228 g/mol. The van der Waals surface area contributed by atoms with Crippen LogP contribution in [0.1, 0.15) is 26.6 Å². The summed E-state index contributed by atoms with van der Waals surface area (Å²) < 4.78 is 5.38. The molecule has 18 heavy (non-hydrogen) atoms. The van der Waals surface area contributed by atoms with Gasteiger partial charge in [0.1, 0.15) is 5.82 Å². The zero-order valence-electron chi connectivity index (χ0n) is 11.0. The highest BCUT2D eigenvalue weighted by molar-refractivity contribution is 5.87. The van der Waals surface area contributed by atoms with E-state index in [1.54, 1.807) is 6.92 Å². The maximum atomic E-state index is 11.9. The van der Waals surface area contributed by atoms with Crippen LogP contribution < -0.4 is 4.74 Å². The third-order valence-corrected chi connectivity index (χ3v) is 2.48. The Morgan fingerprint density at radius 3 is 2.50 bits per heavy atom. The van der Waals surface area contributed by atoms with Gasteiger partial charge in [0.15, 0.2) is 0 Å². The molecule has 0 saturated carbocycles. The smallest absolute Gasteiger partial charge is 0.317 e. The Balaban J connectivity index is 2.48. The van der Waals surface area contributed by atoms with Gasteiger partial charge in [0.25, 0.3) is 0 Å². The summed E-state index contributed by atoms with van der Waals surface area (Å²) in [5.74, 6) is 0.620. The predicted octanol–water partition coefficient (Wildman–Crippen LogP) is 2.89. The average Bonchev–Trinajstić information content (AvgIpc) is 2.27. The fraction of sp³-hybridized carbons (Fsp3) is 0.357. The Kier molecular flexibility index (Phi) is 3.03. The molecule has 0 aliphatic carbocycles. The van der Waals surface area contributed by atoms with Crippen molar-refractivity contribution in [1.82, 2.24) is 9.97 Å². The zero-order chi connectivity index (χ0) is 13.3. The monoisotopic (exact) mass is 244 g/mol. The number of ether oxygens (including phenoxy) is 1. The second-order valence-electron chi connectivity index (χ2n) is 5.23. The summed E-state index contributed by atoms with van der Waals surface area (Å²) in [4.78, 5) is 20.4. The van der Waals surface area contributed by atoms with Gasteiger partial charge in [0.05, 0.1) is 16.3 Å². The average molecular weight is 244 g/mol. The van der Waals surface area contributed by atoms with E-state index in [1.807, 2.05) is 45.0 Å². The molecule has 2 aromatic rings. The zero-order valence-corrected chi connectivity index (χ0v) is 11.0. The first-order chi connectivity index (χ1) is 8.38. The van der Waals surface area contributed by atoms with Gasteiger partial charge in [-0.15, -0.1) is 0 Å². The number of carbonyl (C=O) groups is 1. The molecule has 1 aromatic heterocycles. The molecule has 0 amide bonds. The van der Waals surface area contributed by atoms with Crippen LogP contribution in [0.4, 0.5) is 0 Å². The first kappa shape index (κ1) is 12.5. The number of nitrogens with zero attached hydrogens (tertiary/aromatic N) is 2. The molecule has 0 atom stereocenters. The van der Waals surface area contributed by atoms with Crippen molar-refractivity contribution >= 4 is 16.9 Å². The third kappa shape index (κ3) is 2.47. The van der Waals surface area contributed by atoms with Crippen LogP contribution in [0.3, 0.4) is 0 Å². The molecule has 0 radical (unpaired) electrons. The lowest BCUT2D eigenvalue weighted by molar-refractivity contribution is -0.143. The summed E-state index contributed by atoms with van der Waals surface area (Å²) in [6.07, 6.45) is 0. The topological polar surface area (TPSA) is 52.1 Å². The van der Waals surface area contributed by atoms with Gasteiger partial charge < -0.3 is 4.74 Å². The lowest BCUT2D eigenvalue weighted by atomic mass is 9.97. The van der Waals surface area contributed by atoms with Crippen LogP contribution in [0, 0.1) is 12.3 Å². The maximum Gasteiger partial charge on any atom is 0.317 e. The van der Waals surface area contributed by atoms with E-state index in [0.717, 1.165) is 10.9 Å². The van der Waals surface area contributed by atoms with Crippen LogP contribution in [0.15, 0.2) is 24.3 Å². The Morgan fingerprint density at radius 1 is 1.17 bits per heavy atom. The van der Waals surface area contributed by atoms with E-state index >= 15 is 0 Å². The first-order valence-corrected chi connectivity index (χ1v) is 5.83. The van der Waals surface area contributed by atoms with Gasteiger partial charge in [-0.2, -0.15) is 4.98 Å². The third-order valence-electron chi connectivity index (χ3n) is 2.48. The van der Waals surface area contributed by atoms with E-state index in [2.05, 4.69) is 9.97 Å². The van der Waals surface area contributed by atoms with Crippen molar-refractivity contribution < 1.29 is 9.53 Å². The number of fused-ring (bicyclic) bond motifs is 1. The Bertz CT molecular complexity index is 600. The van der Waals surface area contributed by atoms with E-state index in [1.165, 1.54) is 0 Å². The molecule has 0 fully saturated rings. The van der Waals surface area contributed by atoms with Gasteiger partial charge in [0, 0.05) is 0 Å². The van der Waals surface area contributed by atoms with Crippen molar-refractivity contribution in [3.05, 3.63) is 30.1 Å². The van der Waals surface area contributed by atoms with Crippen LogP contribution >= 0.6 is 0 Å². The molecular formula is C14H16N2O2. The minimum atomic E-state index is -0.556. The molecule has 1 heterocycles. The Labute approximate surface area is 106 Å². The van der Waals surface area contributed by atoms with E-state index < -0.39 is 5.41 Å². The second-order valence-corrected chi connectivity index (χ2v) is 5.23. The molecule has 94 valence electrons. The molecule has 0 spiro atoms. The number of hydrogen-bond acceptors (Lipinski definition) is 4. The second kappa shape index (κ2) is 4.37. The van der Waals surface area contributed by atoms with Crippen LogP contribution in [0.25, 0.3) is 10.9 Å². The number of rotatable bonds is 1. The lowest BCUT2D eigenvalue weighted by Gasteiger charge is -2.16. The lowest BCUT2D eigenvalue weighted by Crippen LogP contribution is -2.26. The molecule has 0 unspecified atom stereocenters. The van der Waals surface area contributed by atoms with Crippen molar-refractivity contribution in [3.63, 3.8) is 0 Å². The van der Waals surface area contributed by atoms with Gasteiger partial charge in [-0.05, 0) is 39.8 Å². The predicted molar refractivity (Wildman–Crippen MR) is 69.4 cm³/mol. The van der Waals surface area contributed by atoms with E-state index in [4.69, 9.17) is 4.74 Å². The molecule has 1 aromatic carbocycles. The van der Waals surface area contributed by atoms with Crippen molar-refractivity contribution in [2.45, 2.75) is 27.7 Å². The minimum Gasteiger partial charge on any atom is -0.406 e. The van der Waals surface area contributed by atoms with Crippen LogP contribution in [-0.4, -0.2) is 15.9 Å². The summed E-state index contributed by atoms with van der Waals surface area (Å²) >= 11 is 0. The highest BCUT2D eigenvalue weighted by Crippen LogP contribution is 2.25. The summed E-state index contributed by atoms with van der Waals surface area (Å²) in [6, 6.07) is 7.48. The van der Waals surface area contributed by atoms with Gasteiger partial charge in [0.2, 0.25) is 5.88 Å². The van der Waals surface area contributed by atoms with Gasteiger partial charge in [-0.1, -0.05) is 12.1 Å². The molecule has 4 nitrogen and oxygen atoms in total. The minimum absolute atomic E-state index is 0.300. The van der Waals surface area contributed by atoms with E-state index in [-0.39, 0.29) is 5.97 Å². The number of hydrogen-bond donors (Lipinski definition) is 0. The maximum absolute atomic E-state index is 11.9.